The van der Waals surface area contributed by atoms with Crippen molar-refractivity contribution in [1.82, 2.24) is 10.2 Å². The Labute approximate surface area is 165 Å². The number of halogens is 1. The number of aliphatic hydroxyl groups excluding tert-OH is 1. The number of aromatic nitrogens is 2. The minimum absolute atomic E-state index is 0.303. The molecule has 0 bridgehead atoms. The van der Waals surface area contributed by atoms with E-state index in [1.807, 2.05) is 43.3 Å². The quantitative estimate of drug-likeness (QED) is 0.558. The molecule has 0 radical (unpaired) electrons. The molecule has 2 N–H and O–H groups in total. The number of aliphatic hydroxyl groups is 1. The molecule has 0 fully saturated rings. The van der Waals surface area contributed by atoms with E-state index in [0.717, 1.165) is 20.4 Å². The zero-order chi connectivity index (χ0) is 18.7. The van der Waals surface area contributed by atoms with Crippen LogP contribution in [0.25, 0.3) is 11.5 Å². The number of hydrogen-bond donors (Lipinski definition) is 2. The number of anilines is 1. The summed E-state index contributed by atoms with van der Waals surface area (Å²) in [6.45, 7) is 3.58. The Balaban J connectivity index is 1.91. The molecule has 1 aromatic heterocycles. The highest BCUT2D eigenvalue weighted by molar-refractivity contribution is 14.1. The Morgan fingerprint density at radius 3 is 2.58 bits per heavy atom. The van der Waals surface area contributed by atoms with Gasteiger partial charge in [0.05, 0.1) is 11.7 Å². The Morgan fingerprint density at radius 2 is 1.92 bits per heavy atom. The molecule has 0 aliphatic heterocycles. The summed E-state index contributed by atoms with van der Waals surface area (Å²) in [4.78, 5) is 0. The van der Waals surface area contributed by atoms with Gasteiger partial charge in [-0.1, -0.05) is 18.2 Å². The molecule has 3 aromatic rings. The van der Waals surface area contributed by atoms with Gasteiger partial charge in [-0.15, -0.1) is 10.2 Å². The van der Waals surface area contributed by atoms with Gasteiger partial charge in [0.2, 0.25) is 11.8 Å². The lowest BCUT2D eigenvalue weighted by Crippen LogP contribution is -2.23. The largest absolute Gasteiger partial charge is 0.418 e. The Morgan fingerprint density at radius 1 is 1.19 bits per heavy atom. The highest BCUT2D eigenvalue weighted by atomic mass is 127. The van der Waals surface area contributed by atoms with E-state index >= 15 is 0 Å². The van der Waals surface area contributed by atoms with Crippen LogP contribution in [0.2, 0.25) is 0 Å². The molecule has 0 saturated heterocycles. The second kappa shape index (κ2) is 7.85. The van der Waals surface area contributed by atoms with Crippen molar-refractivity contribution in [1.29, 1.82) is 5.26 Å². The van der Waals surface area contributed by atoms with E-state index in [-0.39, 0.29) is 0 Å². The van der Waals surface area contributed by atoms with Crippen LogP contribution in [0.3, 0.4) is 0 Å². The molecule has 2 atom stereocenters. The maximum atomic E-state index is 10.2. The van der Waals surface area contributed by atoms with Crippen LogP contribution in [0.15, 0.2) is 46.9 Å². The molecule has 26 heavy (non-hydrogen) atoms. The van der Waals surface area contributed by atoms with Gasteiger partial charge in [0.25, 0.3) is 0 Å². The first-order chi connectivity index (χ1) is 12.5. The van der Waals surface area contributed by atoms with Gasteiger partial charge in [-0.25, -0.2) is 0 Å². The van der Waals surface area contributed by atoms with Gasteiger partial charge in [0, 0.05) is 14.8 Å². The van der Waals surface area contributed by atoms with Crippen LogP contribution >= 0.6 is 22.6 Å². The summed E-state index contributed by atoms with van der Waals surface area (Å²) in [6, 6.07) is 14.6. The highest BCUT2D eigenvalue weighted by Crippen LogP contribution is 2.29. The molecule has 1 heterocycles. The fourth-order valence-corrected chi connectivity index (χ4v) is 3.13. The fourth-order valence-electron chi connectivity index (χ4n) is 2.54. The van der Waals surface area contributed by atoms with E-state index in [1.165, 1.54) is 0 Å². The first-order valence-corrected chi connectivity index (χ1v) is 9.11. The van der Waals surface area contributed by atoms with Gasteiger partial charge in [0.1, 0.15) is 12.1 Å². The summed E-state index contributed by atoms with van der Waals surface area (Å²) in [5.74, 6) is 0.705. The molecule has 7 heteroatoms. The van der Waals surface area contributed by atoms with Gasteiger partial charge in [-0.3, -0.25) is 0 Å². The minimum Gasteiger partial charge on any atom is -0.418 e. The van der Waals surface area contributed by atoms with Gasteiger partial charge in [-0.2, -0.15) is 5.26 Å². The van der Waals surface area contributed by atoms with Crippen LogP contribution in [0.4, 0.5) is 5.69 Å². The van der Waals surface area contributed by atoms with Crippen molar-refractivity contribution in [2.75, 3.05) is 5.32 Å². The molecule has 2 aromatic carbocycles. The highest BCUT2D eigenvalue weighted by Gasteiger charge is 2.25. The molecule has 0 spiro atoms. The molecule has 3 rings (SSSR count). The maximum Gasteiger partial charge on any atom is 0.247 e. The molecule has 132 valence electrons. The molecule has 6 nitrogen and oxygen atoms in total. The normalized spacial score (nSPS) is 13.0. The van der Waals surface area contributed by atoms with Crippen LogP contribution in [-0.4, -0.2) is 21.4 Å². The molecule has 0 unspecified atom stereocenters. The van der Waals surface area contributed by atoms with E-state index in [9.17, 15) is 5.11 Å². The predicted octanol–water partition coefficient (Wildman–Crippen LogP) is 4.06. The standard InChI is InChI=1S/C19H17IN4O2/c1-11-15(9-8-14(10-21)16(11)20)22-17(12(2)25)19-24-23-18(26-19)13-6-4-3-5-7-13/h3-9,12,17,22,25H,1-2H3/t12-,17-/m1/s1. The zero-order valence-electron chi connectivity index (χ0n) is 14.3. The van der Waals surface area contributed by atoms with Gasteiger partial charge in [-0.05, 0) is 66.3 Å². The lowest BCUT2D eigenvalue weighted by Gasteiger charge is -2.21. The minimum atomic E-state index is -0.758. The number of nitrogens with zero attached hydrogens (tertiary/aromatic N) is 3. The second-order valence-electron chi connectivity index (χ2n) is 5.89. The topological polar surface area (TPSA) is 95.0 Å². The van der Waals surface area contributed by atoms with Crippen LogP contribution in [-0.2, 0) is 0 Å². The zero-order valence-corrected chi connectivity index (χ0v) is 16.4. The molecular formula is C19H17IN4O2. The molecular weight excluding hydrogens is 443 g/mol. The van der Waals surface area contributed by atoms with Crippen LogP contribution in [0, 0.1) is 21.8 Å². The van der Waals surface area contributed by atoms with Gasteiger partial charge < -0.3 is 14.8 Å². The lowest BCUT2D eigenvalue weighted by molar-refractivity contribution is 0.159. The summed E-state index contributed by atoms with van der Waals surface area (Å²) in [5.41, 5.74) is 3.17. The van der Waals surface area contributed by atoms with E-state index in [0.29, 0.717) is 17.3 Å². The Hall–Kier alpha value is -2.44. The van der Waals surface area contributed by atoms with Crippen molar-refractivity contribution in [3.05, 3.63) is 63.1 Å². The third-order valence-electron chi connectivity index (χ3n) is 4.03. The molecule has 0 aliphatic carbocycles. The van der Waals surface area contributed by atoms with Crippen molar-refractivity contribution in [2.24, 2.45) is 0 Å². The molecule has 0 saturated carbocycles. The van der Waals surface area contributed by atoms with Crippen molar-refractivity contribution in [3.8, 4) is 17.5 Å². The molecule has 0 aliphatic rings. The summed E-state index contributed by atoms with van der Waals surface area (Å²) in [5, 5.41) is 30.8. The average Bonchev–Trinajstić information content (AvgIpc) is 3.13. The van der Waals surface area contributed by atoms with Crippen molar-refractivity contribution in [3.63, 3.8) is 0 Å². The summed E-state index contributed by atoms with van der Waals surface area (Å²) in [7, 11) is 0. The number of benzene rings is 2. The third-order valence-corrected chi connectivity index (χ3v) is 5.42. The number of nitriles is 1. The predicted molar refractivity (Wildman–Crippen MR) is 106 cm³/mol. The van der Waals surface area contributed by atoms with Crippen molar-refractivity contribution < 1.29 is 9.52 Å². The summed E-state index contributed by atoms with van der Waals surface area (Å²) in [6.07, 6.45) is -0.758. The third kappa shape index (κ3) is 3.71. The van der Waals surface area contributed by atoms with Crippen LogP contribution in [0.5, 0.6) is 0 Å². The SMILES string of the molecule is Cc1c(N[C@@H](c2nnc(-c3ccccc3)o2)[C@@H](C)O)ccc(C#N)c1I. The van der Waals surface area contributed by atoms with E-state index in [1.54, 1.807) is 13.0 Å². The fraction of sp³-hybridized carbons (Fsp3) is 0.211. The average molecular weight is 460 g/mol. The first kappa shape index (κ1) is 18.4. The Kier molecular flexibility index (Phi) is 5.54. The van der Waals surface area contributed by atoms with Crippen LogP contribution in [0.1, 0.15) is 30.0 Å². The van der Waals surface area contributed by atoms with E-state index in [4.69, 9.17) is 9.68 Å². The Bertz CT molecular complexity index is 948. The monoisotopic (exact) mass is 460 g/mol. The van der Waals surface area contributed by atoms with Gasteiger partial charge >= 0.3 is 0 Å². The smallest absolute Gasteiger partial charge is 0.247 e. The number of nitrogens with one attached hydrogen (secondary N) is 1. The first-order valence-electron chi connectivity index (χ1n) is 8.04. The van der Waals surface area contributed by atoms with Crippen LogP contribution < -0.4 is 5.32 Å². The van der Waals surface area contributed by atoms with Gasteiger partial charge in [0.15, 0.2) is 0 Å². The summed E-state index contributed by atoms with van der Waals surface area (Å²) >= 11 is 2.14. The number of rotatable bonds is 5. The van der Waals surface area contributed by atoms with E-state index < -0.39 is 12.1 Å². The molecule has 0 amide bonds. The van der Waals surface area contributed by atoms with Crippen molar-refractivity contribution >= 4 is 28.3 Å². The second-order valence-corrected chi connectivity index (χ2v) is 6.96. The lowest BCUT2D eigenvalue weighted by atomic mass is 10.1. The number of hydrogen-bond acceptors (Lipinski definition) is 6. The maximum absolute atomic E-state index is 10.2. The summed E-state index contributed by atoms with van der Waals surface area (Å²) < 4.78 is 6.65. The van der Waals surface area contributed by atoms with Crippen molar-refractivity contribution in [2.45, 2.75) is 26.0 Å². The van der Waals surface area contributed by atoms with E-state index in [2.05, 4.69) is 44.2 Å².